The number of hydrogen-bond acceptors (Lipinski definition) is 5. The molecule has 1 amide bonds. The number of rotatable bonds is 10. The standard InChI is InChI=1S/C38H48FN3O4/c1-24-31(28-12-8-26(9-13-28)22-42(35(43)29-14-15-29)23-27-10-16-30(39)17-11-27)33(41-20-18-38(6,7)19-21-41)32(25(2)40-24)34(36(44)45)46-37(3,4)5/h8-13,16-17,29,34H,14-15,18-23H2,1-7H3,(H,44,45)/t34-/m0/s1. The van der Waals surface area contributed by atoms with E-state index in [9.17, 15) is 19.1 Å². The number of ether oxygens (including phenoxy) is 1. The molecule has 2 fully saturated rings. The molecule has 8 heteroatoms. The maximum Gasteiger partial charge on any atom is 0.337 e. The van der Waals surface area contributed by atoms with Gasteiger partial charge in [-0.2, -0.15) is 0 Å². The SMILES string of the molecule is Cc1nc(C)c([C@H](OC(C)(C)C)C(=O)O)c(N2CCC(C)(C)CC2)c1-c1ccc(CN(Cc2ccc(F)cc2)C(=O)C2CC2)cc1. The van der Waals surface area contributed by atoms with Gasteiger partial charge < -0.3 is 19.6 Å². The highest BCUT2D eigenvalue weighted by atomic mass is 19.1. The second-order valence-corrected chi connectivity index (χ2v) is 14.8. The van der Waals surface area contributed by atoms with Gasteiger partial charge in [0.05, 0.1) is 11.3 Å². The first kappa shape index (κ1) is 33.6. The highest BCUT2D eigenvalue weighted by molar-refractivity contribution is 5.88. The zero-order chi connectivity index (χ0) is 33.4. The summed E-state index contributed by atoms with van der Waals surface area (Å²) in [4.78, 5) is 35.1. The number of pyridine rings is 1. The van der Waals surface area contributed by atoms with Crippen LogP contribution in [0.4, 0.5) is 10.1 Å². The lowest BCUT2D eigenvalue weighted by Crippen LogP contribution is -2.39. The van der Waals surface area contributed by atoms with Crippen molar-refractivity contribution in [3.05, 3.63) is 82.4 Å². The van der Waals surface area contributed by atoms with Crippen molar-refractivity contribution in [2.24, 2.45) is 11.3 Å². The summed E-state index contributed by atoms with van der Waals surface area (Å²) in [5.74, 6) is -1.14. The fourth-order valence-corrected chi connectivity index (χ4v) is 6.36. The molecule has 2 aromatic carbocycles. The first-order valence-corrected chi connectivity index (χ1v) is 16.4. The number of nitrogens with zero attached hydrogens (tertiary/aromatic N) is 3. The van der Waals surface area contributed by atoms with Crippen LogP contribution in [0.5, 0.6) is 0 Å². The van der Waals surface area contributed by atoms with E-state index in [1.54, 1.807) is 12.1 Å². The number of aryl methyl sites for hydroxylation is 2. The van der Waals surface area contributed by atoms with Gasteiger partial charge in [0.15, 0.2) is 6.10 Å². The Kier molecular flexibility index (Phi) is 9.60. The zero-order valence-electron chi connectivity index (χ0n) is 28.3. The third kappa shape index (κ3) is 7.95. The van der Waals surface area contributed by atoms with Crippen LogP contribution in [0.25, 0.3) is 11.1 Å². The normalized spacial score (nSPS) is 17.1. The molecule has 0 bridgehead atoms. The molecule has 246 valence electrons. The number of carbonyl (C=O) groups is 2. The second kappa shape index (κ2) is 13.1. The Balaban J connectivity index is 1.53. The first-order chi connectivity index (χ1) is 21.6. The van der Waals surface area contributed by atoms with Crippen molar-refractivity contribution in [3.63, 3.8) is 0 Å². The zero-order valence-corrected chi connectivity index (χ0v) is 28.3. The number of halogens is 1. The van der Waals surface area contributed by atoms with Crippen molar-refractivity contribution in [3.8, 4) is 11.1 Å². The van der Waals surface area contributed by atoms with Crippen molar-refractivity contribution >= 4 is 17.6 Å². The summed E-state index contributed by atoms with van der Waals surface area (Å²) in [6.45, 7) is 16.5. The number of anilines is 1. The van der Waals surface area contributed by atoms with Crippen LogP contribution in [0.2, 0.25) is 0 Å². The minimum Gasteiger partial charge on any atom is -0.479 e. The van der Waals surface area contributed by atoms with E-state index in [4.69, 9.17) is 9.72 Å². The molecule has 2 heterocycles. The Morgan fingerprint density at radius 1 is 0.978 bits per heavy atom. The molecule has 46 heavy (non-hydrogen) atoms. The van der Waals surface area contributed by atoms with E-state index in [0.717, 1.165) is 72.4 Å². The van der Waals surface area contributed by atoms with Gasteiger partial charge in [0.2, 0.25) is 5.91 Å². The second-order valence-electron chi connectivity index (χ2n) is 14.8. The van der Waals surface area contributed by atoms with E-state index in [0.29, 0.717) is 24.3 Å². The summed E-state index contributed by atoms with van der Waals surface area (Å²) in [6, 6.07) is 14.5. The van der Waals surface area contributed by atoms with Gasteiger partial charge in [-0.05, 0) is 94.5 Å². The van der Waals surface area contributed by atoms with Gasteiger partial charge in [0, 0.05) is 54.6 Å². The van der Waals surface area contributed by atoms with Crippen molar-refractivity contribution in [2.75, 3.05) is 18.0 Å². The maximum absolute atomic E-state index is 13.5. The van der Waals surface area contributed by atoms with Crippen molar-refractivity contribution in [2.45, 2.75) is 98.9 Å². The molecular formula is C38H48FN3O4. The Labute approximate surface area is 272 Å². The quantitative estimate of drug-likeness (QED) is 0.245. The van der Waals surface area contributed by atoms with Crippen molar-refractivity contribution in [1.82, 2.24) is 9.88 Å². The molecular weight excluding hydrogens is 581 g/mol. The van der Waals surface area contributed by atoms with E-state index in [2.05, 4.69) is 18.7 Å². The number of piperidine rings is 1. The molecule has 5 rings (SSSR count). The smallest absolute Gasteiger partial charge is 0.337 e. The lowest BCUT2D eigenvalue weighted by Gasteiger charge is -2.41. The van der Waals surface area contributed by atoms with E-state index in [-0.39, 0.29) is 23.1 Å². The molecule has 0 spiro atoms. The summed E-state index contributed by atoms with van der Waals surface area (Å²) in [5.41, 5.74) is 6.22. The van der Waals surface area contributed by atoms with Crippen LogP contribution < -0.4 is 4.90 Å². The molecule has 1 aliphatic carbocycles. The molecule has 1 saturated heterocycles. The topological polar surface area (TPSA) is 83.0 Å². The number of aromatic nitrogens is 1. The first-order valence-electron chi connectivity index (χ1n) is 16.4. The highest BCUT2D eigenvalue weighted by Gasteiger charge is 2.37. The van der Waals surface area contributed by atoms with Gasteiger partial charge >= 0.3 is 5.97 Å². The van der Waals surface area contributed by atoms with Gasteiger partial charge in [0.1, 0.15) is 5.82 Å². The summed E-state index contributed by atoms with van der Waals surface area (Å²) in [5, 5.41) is 10.5. The molecule has 1 aromatic heterocycles. The number of aliphatic carboxylic acids is 1. The van der Waals surface area contributed by atoms with Crippen molar-refractivity contribution in [1.29, 1.82) is 0 Å². The lowest BCUT2D eigenvalue weighted by molar-refractivity contribution is -0.160. The Morgan fingerprint density at radius 2 is 1.52 bits per heavy atom. The van der Waals surface area contributed by atoms with E-state index >= 15 is 0 Å². The fourth-order valence-electron chi connectivity index (χ4n) is 6.36. The Morgan fingerprint density at radius 3 is 2.02 bits per heavy atom. The van der Waals surface area contributed by atoms with Crippen LogP contribution in [0, 0.1) is 31.0 Å². The third-order valence-electron chi connectivity index (χ3n) is 9.11. The van der Waals surface area contributed by atoms with Gasteiger partial charge in [-0.3, -0.25) is 9.78 Å². The molecule has 1 atom stereocenters. The van der Waals surface area contributed by atoms with Crippen molar-refractivity contribution < 1.29 is 23.8 Å². The molecule has 7 nitrogen and oxygen atoms in total. The molecule has 0 radical (unpaired) electrons. The number of amides is 1. The molecule has 1 aliphatic heterocycles. The fraction of sp³-hybridized carbons (Fsp3) is 0.500. The van der Waals surface area contributed by atoms with Crippen LogP contribution in [-0.2, 0) is 27.4 Å². The summed E-state index contributed by atoms with van der Waals surface area (Å²) < 4.78 is 19.7. The number of benzene rings is 2. The molecule has 3 aromatic rings. The third-order valence-corrected chi connectivity index (χ3v) is 9.11. The maximum atomic E-state index is 13.5. The van der Waals surface area contributed by atoms with Crippen LogP contribution in [0.1, 0.15) is 94.5 Å². The molecule has 2 aliphatic rings. The van der Waals surface area contributed by atoms with Gasteiger partial charge in [-0.25, -0.2) is 9.18 Å². The van der Waals surface area contributed by atoms with Crippen LogP contribution >= 0.6 is 0 Å². The number of carboxylic acids is 1. The van der Waals surface area contributed by atoms with Gasteiger partial charge in [-0.1, -0.05) is 50.2 Å². The largest absolute Gasteiger partial charge is 0.479 e. The number of carbonyl (C=O) groups excluding carboxylic acids is 1. The van der Waals surface area contributed by atoms with E-state index in [1.807, 2.05) is 63.8 Å². The molecule has 0 unspecified atom stereocenters. The molecule has 1 N–H and O–H groups in total. The highest BCUT2D eigenvalue weighted by Crippen LogP contribution is 2.45. The number of carboxylic acid groups (broad SMARTS) is 1. The average Bonchev–Trinajstić information content (AvgIpc) is 3.82. The van der Waals surface area contributed by atoms with Gasteiger partial charge in [-0.15, -0.1) is 0 Å². The minimum absolute atomic E-state index is 0.0639. The summed E-state index contributed by atoms with van der Waals surface area (Å²) in [7, 11) is 0. The predicted octanol–water partition coefficient (Wildman–Crippen LogP) is 8.01. The van der Waals surface area contributed by atoms with E-state index < -0.39 is 17.7 Å². The Bertz CT molecular complexity index is 1560. The summed E-state index contributed by atoms with van der Waals surface area (Å²) in [6.07, 6.45) is 2.62. The average molecular weight is 630 g/mol. The van der Waals surface area contributed by atoms with Gasteiger partial charge in [0.25, 0.3) is 0 Å². The number of hydrogen-bond donors (Lipinski definition) is 1. The Hall–Kier alpha value is -3.78. The minimum atomic E-state index is -1.18. The lowest BCUT2D eigenvalue weighted by atomic mass is 9.81. The van der Waals surface area contributed by atoms with Crippen LogP contribution in [0.3, 0.4) is 0 Å². The monoisotopic (exact) mass is 629 g/mol. The van der Waals surface area contributed by atoms with Crippen LogP contribution in [-0.4, -0.2) is 45.6 Å². The summed E-state index contributed by atoms with van der Waals surface area (Å²) >= 11 is 0. The molecule has 1 saturated carbocycles. The van der Waals surface area contributed by atoms with E-state index in [1.165, 1.54) is 12.1 Å². The predicted molar refractivity (Wildman–Crippen MR) is 179 cm³/mol. The van der Waals surface area contributed by atoms with Crippen LogP contribution in [0.15, 0.2) is 48.5 Å².